The highest BCUT2D eigenvalue weighted by Crippen LogP contribution is 2.36. The van der Waals surface area contributed by atoms with Gasteiger partial charge in [0.2, 0.25) is 22.7 Å². The Morgan fingerprint density at radius 2 is 1.84 bits per heavy atom. The van der Waals surface area contributed by atoms with Crippen molar-refractivity contribution in [1.29, 1.82) is 0 Å². The molecular weight excluding hydrogens is 348 g/mol. The lowest BCUT2D eigenvalue weighted by molar-refractivity contribution is -0.138. The van der Waals surface area contributed by atoms with E-state index in [0.717, 1.165) is 0 Å². The van der Waals surface area contributed by atoms with Gasteiger partial charge in [0.05, 0.1) is 18.1 Å². The largest absolute Gasteiger partial charge is 0.454 e. The van der Waals surface area contributed by atoms with Gasteiger partial charge in [-0.05, 0) is 25.0 Å². The van der Waals surface area contributed by atoms with Crippen molar-refractivity contribution in [2.24, 2.45) is 0 Å². The molecular formula is C16H20N2O6S. The fraction of sp³-hybridized carbons (Fsp3) is 0.562. The third kappa shape index (κ3) is 2.96. The van der Waals surface area contributed by atoms with E-state index < -0.39 is 16.1 Å². The predicted octanol–water partition coefficient (Wildman–Crippen LogP) is 0.427. The van der Waals surface area contributed by atoms with Gasteiger partial charge < -0.3 is 19.1 Å². The molecule has 0 aliphatic carbocycles. The molecule has 3 aliphatic rings. The average molecular weight is 368 g/mol. The Morgan fingerprint density at radius 3 is 2.64 bits per heavy atom. The lowest BCUT2D eigenvalue weighted by Crippen LogP contribution is -2.50. The van der Waals surface area contributed by atoms with E-state index in [-0.39, 0.29) is 17.6 Å². The number of sulfonamides is 1. The molecule has 1 aromatic rings. The monoisotopic (exact) mass is 368 g/mol. The maximum Gasteiger partial charge on any atom is 0.243 e. The van der Waals surface area contributed by atoms with Crippen molar-refractivity contribution in [3.8, 4) is 11.5 Å². The highest BCUT2D eigenvalue weighted by atomic mass is 32.2. The van der Waals surface area contributed by atoms with E-state index in [4.69, 9.17) is 14.2 Å². The summed E-state index contributed by atoms with van der Waals surface area (Å²) in [7, 11) is -3.77. The Hall–Kier alpha value is -1.84. The first-order valence-electron chi connectivity index (χ1n) is 8.35. The molecule has 0 aromatic heterocycles. The third-order valence-corrected chi connectivity index (χ3v) is 6.67. The fourth-order valence-electron chi connectivity index (χ4n) is 3.44. The van der Waals surface area contributed by atoms with E-state index >= 15 is 0 Å². The van der Waals surface area contributed by atoms with Gasteiger partial charge in [-0.3, -0.25) is 4.79 Å². The number of nitrogens with zero attached hydrogens (tertiary/aromatic N) is 2. The highest BCUT2D eigenvalue weighted by molar-refractivity contribution is 7.89. The molecule has 0 bridgehead atoms. The first-order valence-corrected chi connectivity index (χ1v) is 9.79. The quantitative estimate of drug-likeness (QED) is 0.769. The molecule has 1 amide bonds. The van der Waals surface area contributed by atoms with Crippen LogP contribution in [-0.2, 0) is 19.6 Å². The molecule has 2 saturated heterocycles. The van der Waals surface area contributed by atoms with Gasteiger partial charge in [0.1, 0.15) is 6.04 Å². The Balaban J connectivity index is 1.59. The topological polar surface area (TPSA) is 85.4 Å². The van der Waals surface area contributed by atoms with Crippen LogP contribution in [0.2, 0.25) is 0 Å². The first kappa shape index (κ1) is 16.6. The Kier molecular flexibility index (Phi) is 4.30. The number of morpholine rings is 1. The van der Waals surface area contributed by atoms with Crippen LogP contribution >= 0.6 is 0 Å². The minimum absolute atomic E-state index is 0.0840. The second-order valence-corrected chi connectivity index (χ2v) is 8.12. The van der Waals surface area contributed by atoms with E-state index in [2.05, 4.69) is 0 Å². The van der Waals surface area contributed by atoms with Crippen LogP contribution in [0.4, 0.5) is 0 Å². The SMILES string of the molecule is O=C([C@@H]1CCCN1S(=O)(=O)c1ccc2c(c1)OCO2)N1CCOCC1. The van der Waals surface area contributed by atoms with Gasteiger partial charge in [-0.15, -0.1) is 0 Å². The van der Waals surface area contributed by atoms with Crippen LogP contribution in [0.15, 0.2) is 23.1 Å². The molecule has 0 N–H and O–H groups in total. The van der Waals surface area contributed by atoms with E-state index in [0.29, 0.717) is 57.2 Å². The minimum Gasteiger partial charge on any atom is -0.454 e. The van der Waals surface area contributed by atoms with Gasteiger partial charge in [0, 0.05) is 25.7 Å². The summed E-state index contributed by atoms with van der Waals surface area (Å²) >= 11 is 0. The summed E-state index contributed by atoms with van der Waals surface area (Å²) in [5.41, 5.74) is 0. The molecule has 0 unspecified atom stereocenters. The summed E-state index contributed by atoms with van der Waals surface area (Å²) < 4.78 is 43.2. The van der Waals surface area contributed by atoms with Crippen molar-refractivity contribution in [2.75, 3.05) is 39.6 Å². The molecule has 1 atom stereocenters. The highest BCUT2D eigenvalue weighted by Gasteiger charge is 2.41. The average Bonchev–Trinajstić information content (AvgIpc) is 3.30. The molecule has 3 heterocycles. The van der Waals surface area contributed by atoms with Crippen molar-refractivity contribution in [2.45, 2.75) is 23.8 Å². The Morgan fingerprint density at radius 1 is 1.08 bits per heavy atom. The van der Waals surface area contributed by atoms with Crippen LogP contribution in [-0.4, -0.2) is 69.2 Å². The van der Waals surface area contributed by atoms with Gasteiger partial charge in [-0.25, -0.2) is 8.42 Å². The smallest absolute Gasteiger partial charge is 0.243 e. The molecule has 1 aromatic carbocycles. The first-order chi connectivity index (χ1) is 12.1. The van der Waals surface area contributed by atoms with Gasteiger partial charge >= 0.3 is 0 Å². The number of benzene rings is 1. The standard InChI is InChI=1S/C16H20N2O6S/c19-16(17-6-8-22-9-7-17)13-2-1-5-18(13)25(20,21)12-3-4-14-15(10-12)24-11-23-14/h3-4,10,13H,1-2,5-9,11H2/t13-/m0/s1. The molecule has 8 nitrogen and oxygen atoms in total. The number of carbonyl (C=O) groups excluding carboxylic acids is 1. The Bertz CT molecular complexity index is 775. The van der Waals surface area contributed by atoms with Crippen molar-refractivity contribution < 1.29 is 27.4 Å². The number of rotatable bonds is 3. The molecule has 9 heteroatoms. The number of amides is 1. The summed E-state index contributed by atoms with van der Waals surface area (Å²) in [4.78, 5) is 14.6. The van der Waals surface area contributed by atoms with E-state index in [9.17, 15) is 13.2 Å². The summed E-state index contributed by atoms with van der Waals surface area (Å²) in [6.07, 6.45) is 1.21. The van der Waals surface area contributed by atoms with Crippen molar-refractivity contribution in [3.63, 3.8) is 0 Å². The maximum atomic E-state index is 13.1. The van der Waals surface area contributed by atoms with Crippen molar-refractivity contribution in [1.82, 2.24) is 9.21 Å². The third-order valence-electron chi connectivity index (χ3n) is 4.76. The molecule has 3 aliphatic heterocycles. The fourth-order valence-corrected chi connectivity index (χ4v) is 5.11. The van der Waals surface area contributed by atoms with Crippen LogP contribution in [0, 0.1) is 0 Å². The normalized spacial score (nSPS) is 23.8. The Labute approximate surface area is 146 Å². The van der Waals surface area contributed by atoms with Crippen LogP contribution in [0.3, 0.4) is 0 Å². The van der Waals surface area contributed by atoms with E-state index in [1.54, 1.807) is 11.0 Å². The number of ether oxygens (including phenoxy) is 3. The van der Waals surface area contributed by atoms with Crippen LogP contribution in [0.1, 0.15) is 12.8 Å². The van der Waals surface area contributed by atoms with Crippen molar-refractivity contribution >= 4 is 15.9 Å². The van der Waals surface area contributed by atoms with Crippen LogP contribution in [0.5, 0.6) is 11.5 Å². The summed E-state index contributed by atoms with van der Waals surface area (Å²) in [5, 5.41) is 0. The lowest BCUT2D eigenvalue weighted by atomic mass is 10.2. The van der Waals surface area contributed by atoms with Crippen LogP contribution < -0.4 is 9.47 Å². The zero-order valence-corrected chi connectivity index (χ0v) is 14.5. The molecule has 136 valence electrons. The van der Waals surface area contributed by atoms with Gasteiger partial charge in [0.15, 0.2) is 11.5 Å². The molecule has 0 saturated carbocycles. The molecule has 0 spiro atoms. The second-order valence-electron chi connectivity index (χ2n) is 6.23. The molecule has 2 fully saturated rings. The number of fused-ring (bicyclic) bond motifs is 1. The van der Waals surface area contributed by atoms with Gasteiger partial charge in [0.25, 0.3) is 0 Å². The van der Waals surface area contributed by atoms with Crippen molar-refractivity contribution in [3.05, 3.63) is 18.2 Å². The number of hydrogen-bond acceptors (Lipinski definition) is 6. The van der Waals surface area contributed by atoms with E-state index in [1.165, 1.54) is 16.4 Å². The van der Waals surface area contributed by atoms with Crippen LogP contribution in [0.25, 0.3) is 0 Å². The van der Waals surface area contributed by atoms with Gasteiger partial charge in [-0.1, -0.05) is 0 Å². The second kappa shape index (κ2) is 6.47. The summed E-state index contributed by atoms with van der Waals surface area (Å²) in [6, 6.07) is 3.90. The van der Waals surface area contributed by atoms with E-state index in [1.807, 2.05) is 0 Å². The minimum atomic E-state index is -3.77. The molecule has 4 rings (SSSR count). The zero-order chi connectivity index (χ0) is 17.4. The lowest BCUT2D eigenvalue weighted by Gasteiger charge is -2.32. The summed E-state index contributed by atoms with van der Waals surface area (Å²) in [5.74, 6) is 0.808. The van der Waals surface area contributed by atoms with Gasteiger partial charge in [-0.2, -0.15) is 4.31 Å². The molecule has 25 heavy (non-hydrogen) atoms. The number of carbonyl (C=O) groups is 1. The maximum absolute atomic E-state index is 13.1. The zero-order valence-electron chi connectivity index (χ0n) is 13.7. The summed E-state index contributed by atoms with van der Waals surface area (Å²) in [6.45, 7) is 2.43. The predicted molar refractivity (Wildman–Crippen MR) is 86.9 cm³/mol. The molecule has 0 radical (unpaired) electrons. The number of hydrogen-bond donors (Lipinski definition) is 0.